The van der Waals surface area contributed by atoms with E-state index in [1.807, 2.05) is 31.2 Å². The predicted molar refractivity (Wildman–Crippen MR) is 83.4 cm³/mol. The van der Waals surface area contributed by atoms with Crippen molar-refractivity contribution >= 4 is 17.6 Å². The lowest BCUT2D eigenvalue weighted by molar-refractivity contribution is -0.137. The van der Waals surface area contributed by atoms with Gasteiger partial charge in [-0.2, -0.15) is 9.90 Å². The molecule has 1 aromatic heterocycles. The number of aliphatic carboxylic acids is 1. The predicted octanol–water partition coefficient (Wildman–Crippen LogP) is 1.91. The van der Waals surface area contributed by atoms with Crippen molar-refractivity contribution in [2.45, 2.75) is 32.2 Å². The van der Waals surface area contributed by atoms with Crippen LogP contribution in [0.4, 0.5) is 5.69 Å². The van der Waals surface area contributed by atoms with E-state index in [0.717, 1.165) is 11.3 Å². The van der Waals surface area contributed by atoms with E-state index in [1.54, 1.807) is 4.90 Å². The van der Waals surface area contributed by atoms with E-state index in [9.17, 15) is 9.59 Å². The smallest absolute Gasteiger partial charge is 0.303 e. The number of carboxylic acid groups (broad SMARTS) is 1. The number of hydrogen-bond donors (Lipinski definition) is 1. The van der Waals surface area contributed by atoms with Gasteiger partial charge in [0, 0.05) is 12.2 Å². The van der Waals surface area contributed by atoms with Gasteiger partial charge in [-0.25, -0.2) is 0 Å². The van der Waals surface area contributed by atoms with Gasteiger partial charge in [0.15, 0.2) is 5.69 Å². The molecule has 23 heavy (non-hydrogen) atoms. The van der Waals surface area contributed by atoms with E-state index in [4.69, 9.17) is 5.11 Å². The molecule has 1 aliphatic rings. The van der Waals surface area contributed by atoms with Crippen LogP contribution in [0, 0.1) is 0 Å². The second-order valence-corrected chi connectivity index (χ2v) is 5.52. The summed E-state index contributed by atoms with van der Waals surface area (Å²) in [6.07, 6.45) is 2.17. The average molecular weight is 314 g/mol. The summed E-state index contributed by atoms with van der Waals surface area (Å²) in [7, 11) is 0. The van der Waals surface area contributed by atoms with Crippen LogP contribution in [0.15, 0.2) is 30.5 Å². The lowest BCUT2D eigenvalue weighted by atomic mass is 9.87. The number of hydrogen-bond acceptors (Lipinski definition) is 4. The molecule has 1 unspecified atom stereocenters. The van der Waals surface area contributed by atoms with Gasteiger partial charge in [-0.3, -0.25) is 9.59 Å². The average Bonchev–Trinajstić information content (AvgIpc) is 3.03. The first-order chi connectivity index (χ1) is 11.1. The summed E-state index contributed by atoms with van der Waals surface area (Å²) in [5.41, 5.74) is 1.97. The maximum absolute atomic E-state index is 12.7. The molecule has 0 radical (unpaired) electrons. The minimum absolute atomic E-state index is 0.0703. The molecule has 2 aromatic rings. The van der Waals surface area contributed by atoms with E-state index in [2.05, 4.69) is 10.2 Å². The molecule has 7 nitrogen and oxygen atoms in total. The maximum Gasteiger partial charge on any atom is 0.303 e. The molecule has 1 amide bonds. The van der Waals surface area contributed by atoms with E-state index >= 15 is 0 Å². The first kappa shape index (κ1) is 15.2. The van der Waals surface area contributed by atoms with Crippen molar-refractivity contribution in [2.75, 3.05) is 11.4 Å². The van der Waals surface area contributed by atoms with E-state index in [0.29, 0.717) is 25.2 Å². The number of para-hydroxylation sites is 1. The van der Waals surface area contributed by atoms with Crippen LogP contribution in [0.3, 0.4) is 0 Å². The Balaban J connectivity index is 1.91. The normalized spacial score (nSPS) is 16.9. The number of aromatic nitrogens is 3. The van der Waals surface area contributed by atoms with Gasteiger partial charge < -0.3 is 10.0 Å². The lowest BCUT2D eigenvalue weighted by Gasteiger charge is -2.33. The van der Waals surface area contributed by atoms with Crippen molar-refractivity contribution < 1.29 is 14.7 Å². The van der Waals surface area contributed by atoms with Crippen LogP contribution in [0.5, 0.6) is 0 Å². The molecule has 0 fully saturated rings. The molecule has 1 N–H and O–H groups in total. The molecule has 1 aromatic carbocycles. The second kappa shape index (κ2) is 6.20. The number of carbonyl (C=O) groups excluding carboxylic acids is 1. The molecule has 0 spiro atoms. The Kier molecular flexibility index (Phi) is 4.10. The number of benzene rings is 1. The van der Waals surface area contributed by atoms with Crippen LogP contribution in [0.2, 0.25) is 0 Å². The molecule has 0 aliphatic carbocycles. The highest BCUT2D eigenvalue weighted by molar-refractivity contribution is 6.05. The highest BCUT2D eigenvalue weighted by atomic mass is 16.4. The standard InChI is InChI=1S/C16H18N4O3/c1-2-20-17-10-13(18-20)16(23)19-8-7-11(9-15(21)22)12-5-3-4-6-14(12)19/h3-6,10-11H,2,7-9H2,1H3,(H,21,22). The van der Waals surface area contributed by atoms with Crippen LogP contribution in [-0.2, 0) is 11.3 Å². The number of rotatable bonds is 4. The summed E-state index contributed by atoms with van der Waals surface area (Å²) in [5.74, 6) is -1.10. The number of carbonyl (C=O) groups is 2. The Labute approximate surface area is 133 Å². The zero-order valence-electron chi connectivity index (χ0n) is 12.8. The van der Waals surface area contributed by atoms with Gasteiger partial charge in [0.1, 0.15) is 0 Å². The Morgan fingerprint density at radius 3 is 2.83 bits per heavy atom. The van der Waals surface area contributed by atoms with E-state index < -0.39 is 5.97 Å². The van der Waals surface area contributed by atoms with Crippen molar-refractivity contribution in [1.82, 2.24) is 15.0 Å². The minimum atomic E-state index is -0.824. The number of amides is 1. The van der Waals surface area contributed by atoms with Gasteiger partial charge in [-0.05, 0) is 30.9 Å². The van der Waals surface area contributed by atoms with Crippen LogP contribution >= 0.6 is 0 Å². The fraction of sp³-hybridized carbons (Fsp3) is 0.375. The maximum atomic E-state index is 12.7. The largest absolute Gasteiger partial charge is 0.481 e. The van der Waals surface area contributed by atoms with Gasteiger partial charge in [0.2, 0.25) is 0 Å². The Morgan fingerprint density at radius 1 is 1.35 bits per heavy atom. The van der Waals surface area contributed by atoms with Gasteiger partial charge in [-0.15, -0.1) is 5.10 Å². The van der Waals surface area contributed by atoms with E-state index in [-0.39, 0.29) is 18.2 Å². The molecular formula is C16H18N4O3. The van der Waals surface area contributed by atoms with Crippen molar-refractivity contribution in [3.05, 3.63) is 41.7 Å². The van der Waals surface area contributed by atoms with Crippen LogP contribution in [0.1, 0.15) is 41.7 Å². The van der Waals surface area contributed by atoms with Gasteiger partial charge >= 0.3 is 5.97 Å². The monoisotopic (exact) mass is 314 g/mol. The van der Waals surface area contributed by atoms with Crippen molar-refractivity contribution in [3.63, 3.8) is 0 Å². The van der Waals surface area contributed by atoms with E-state index in [1.165, 1.54) is 11.0 Å². The molecule has 0 saturated heterocycles. The number of carboxylic acids is 1. The van der Waals surface area contributed by atoms with Gasteiger partial charge in [-0.1, -0.05) is 18.2 Å². The number of anilines is 1. The molecule has 0 bridgehead atoms. The first-order valence-corrected chi connectivity index (χ1v) is 7.63. The Bertz CT molecular complexity index is 740. The third-order valence-corrected chi connectivity index (χ3v) is 4.07. The fourth-order valence-corrected chi connectivity index (χ4v) is 2.96. The molecule has 7 heteroatoms. The number of aryl methyl sites for hydroxylation is 1. The minimum Gasteiger partial charge on any atom is -0.481 e. The van der Waals surface area contributed by atoms with Crippen LogP contribution < -0.4 is 4.90 Å². The van der Waals surface area contributed by atoms with Gasteiger partial charge in [0.05, 0.1) is 19.2 Å². The van der Waals surface area contributed by atoms with Crippen LogP contribution in [0.25, 0.3) is 0 Å². The number of nitrogens with zero attached hydrogens (tertiary/aromatic N) is 4. The Morgan fingerprint density at radius 2 is 2.13 bits per heavy atom. The summed E-state index contributed by atoms with van der Waals surface area (Å²) in [4.78, 5) is 26.9. The van der Waals surface area contributed by atoms with Gasteiger partial charge in [0.25, 0.3) is 5.91 Å². The summed E-state index contributed by atoms with van der Waals surface area (Å²) in [6.45, 7) is 2.98. The molecule has 2 heterocycles. The topological polar surface area (TPSA) is 88.3 Å². The summed E-state index contributed by atoms with van der Waals surface area (Å²) in [6, 6.07) is 7.47. The fourth-order valence-electron chi connectivity index (χ4n) is 2.96. The SMILES string of the molecule is CCn1ncc(C(=O)N2CCC(CC(=O)O)c3ccccc32)n1. The molecule has 3 rings (SSSR count). The first-order valence-electron chi connectivity index (χ1n) is 7.63. The highest BCUT2D eigenvalue weighted by Gasteiger charge is 2.31. The zero-order chi connectivity index (χ0) is 16.4. The van der Waals surface area contributed by atoms with Crippen molar-refractivity contribution in [2.24, 2.45) is 0 Å². The summed E-state index contributed by atoms with van der Waals surface area (Å²) < 4.78 is 0. The third kappa shape index (κ3) is 2.94. The highest BCUT2D eigenvalue weighted by Crippen LogP contribution is 2.37. The number of fused-ring (bicyclic) bond motifs is 1. The molecule has 1 aliphatic heterocycles. The summed E-state index contributed by atoms with van der Waals surface area (Å²) in [5, 5.41) is 17.3. The zero-order valence-corrected chi connectivity index (χ0v) is 12.8. The third-order valence-electron chi connectivity index (χ3n) is 4.07. The van der Waals surface area contributed by atoms with Crippen molar-refractivity contribution in [3.8, 4) is 0 Å². The summed E-state index contributed by atoms with van der Waals surface area (Å²) >= 11 is 0. The quantitative estimate of drug-likeness (QED) is 0.931. The lowest BCUT2D eigenvalue weighted by Crippen LogP contribution is -2.37. The molecule has 120 valence electrons. The molecular weight excluding hydrogens is 296 g/mol. The Hall–Kier alpha value is -2.70. The second-order valence-electron chi connectivity index (χ2n) is 5.52. The van der Waals surface area contributed by atoms with Crippen LogP contribution in [-0.4, -0.2) is 38.5 Å². The molecule has 1 atom stereocenters. The molecule has 0 saturated carbocycles. The van der Waals surface area contributed by atoms with Crippen molar-refractivity contribution in [1.29, 1.82) is 0 Å².